The van der Waals surface area contributed by atoms with Gasteiger partial charge in [0.05, 0.1) is 36.3 Å². The molecule has 1 atom stereocenters. The summed E-state index contributed by atoms with van der Waals surface area (Å²) in [7, 11) is 1.82. The summed E-state index contributed by atoms with van der Waals surface area (Å²) in [4.78, 5) is 22.6. The molecule has 0 aliphatic heterocycles. The van der Waals surface area contributed by atoms with Crippen molar-refractivity contribution in [1.82, 2.24) is 24.3 Å². The zero-order valence-corrected chi connectivity index (χ0v) is 16.8. The molecule has 1 N–H and O–H groups in total. The Labute approximate surface area is 172 Å². The Morgan fingerprint density at radius 2 is 1.97 bits per heavy atom. The van der Waals surface area contributed by atoms with Gasteiger partial charge in [-0.05, 0) is 24.6 Å². The van der Waals surface area contributed by atoms with Crippen molar-refractivity contribution in [3.8, 4) is 22.5 Å². The van der Waals surface area contributed by atoms with Gasteiger partial charge in [0.1, 0.15) is 11.2 Å². The molecule has 1 unspecified atom stereocenters. The van der Waals surface area contributed by atoms with Crippen LogP contribution in [-0.2, 0) is 7.05 Å². The second kappa shape index (κ2) is 7.77. The quantitative estimate of drug-likeness (QED) is 0.545. The SMILES string of the molecule is CCC(CO)n1cnc2c(-c3cnn(C)c3)nc(-c3ccc(Cl)cc3)cc2c1=O. The first kappa shape index (κ1) is 19.3. The number of nitrogens with zero attached hydrogens (tertiary/aromatic N) is 5. The summed E-state index contributed by atoms with van der Waals surface area (Å²) in [5.41, 5.74) is 3.13. The van der Waals surface area contributed by atoms with Crippen LogP contribution in [0, 0.1) is 0 Å². The van der Waals surface area contributed by atoms with Gasteiger partial charge >= 0.3 is 0 Å². The number of hydrogen-bond acceptors (Lipinski definition) is 5. The van der Waals surface area contributed by atoms with E-state index >= 15 is 0 Å². The molecule has 0 spiro atoms. The Balaban J connectivity index is 2.03. The van der Waals surface area contributed by atoms with E-state index in [4.69, 9.17) is 16.6 Å². The third kappa shape index (κ3) is 3.54. The van der Waals surface area contributed by atoms with E-state index in [1.54, 1.807) is 29.1 Å². The zero-order chi connectivity index (χ0) is 20.5. The molecule has 7 nitrogen and oxygen atoms in total. The highest BCUT2D eigenvalue weighted by atomic mass is 35.5. The molecule has 3 heterocycles. The largest absolute Gasteiger partial charge is 0.394 e. The van der Waals surface area contributed by atoms with Crippen LogP contribution in [-0.4, -0.2) is 36.0 Å². The summed E-state index contributed by atoms with van der Waals surface area (Å²) >= 11 is 6.02. The topological polar surface area (TPSA) is 85.8 Å². The molecule has 0 saturated heterocycles. The second-order valence-corrected chi connectivity index (χ2v) is 7.30. The third-order valence-electron chi connectivity index (χ3n) is 4.96. The van der Waals surface area contributed by atoms with Crippen LogP contribution in [0.1, 0.15) is 19.4 Å². The van der Waals surface area contributed by atoms with Crippen molar-refractivity contribution >= 4 is 22.5 Å². The number of aliphatic hydroxyl groups excluding tert-OH is 1. The fourth-order valence-electron chi connectivity index (χ4n) is 3.33. The molecule has 3 aromatic heterocycles. The van der Waals surface area contributed by atoms with Gasteiger partial charge in [0.2, 0.25) is 0 Å². The molecular formula is C21H20ClN5O2. The van der Waals surface area contributed by atoms with Crippen molar-refractivity contribution in [2.24, 2.45) is 7.05 Å². The number of aliphatic hydroxyl groups is 1. The van der Waals surface area contributed by atoms with E-state index in [-0.39, 0.29) is 18.2 Å². The number of aromatic nitrogens is 5. The van der Waals surface area contributed by atoms with E-state index in [1.165, 1.54) is 10.9 Å². The minimum atomic E-state index is -0.326. The Morgan fingerprint density at radius 1 is 1.21 bits per heavy atom. The minimum Gasteiger partial charge on any atom is -0.394 e. The molecule has 8 heteroatoms. The lowest BCUT2D eigenvalue weighted by Gasteiger charge is -2.16. The summed E-state index contributed by atoms with van der Waals surface area (Å²) in [6, 6.07) is 8.71. The molecule has 1 aromatic carbocycles. The van der Waals surface area contributed by atoms with Crippen LogP contribution in [0.15, 0.2) is 53.8 Å². The van der Waals surface area contributed by atoms with Gasteiger partial charge in [0.25, 0.3) is 5.56 Å². The van der Waals surface area contributed by atoms with Gasteiger partial charge < -0.3 is 5.11 Å². The van der Waals surface area contributed by atoms with Crippen LogP contribution in [0.25, 0.3) is 33.4 Å². The molecule has 0 amide bonds. The summed E-state index contributed by atoms with van der Waals surface area (Å²) in [5.74, 6) is 0. The lowest BCUT2D eigenvalue weighted by atomic mass is 10.1. The van der Waals surface area contributed by atoms with Crippen LogP contribution < -0.4 is 5.56 Å². The number of halogens is 1. The first-order chi connectivity index (χ1) is 14.0. The number of rotatable bonds is 5. The fourth-order valence-corrected chi connectivity index (χ4v) is 3.46. The molecule has 0 bridgehead atoms. The summed E-state index contributed by atoms with van der Waals surface area (Å²) in [5, 5.41) is 14.9. The van der Waals surface area contributed by atoms with E-state index in [9.17, 15) is 9.90 Å². The van der Waals surface area contributed by atoms with Crippen molar-refractivity contribution in [1.29, 1.82) is 0 Å². The highest BCUT2D eigenvalue weighted by Gasteiger charge is 2.18. The molecule has 0 saturated carbocycles. The molecular weight excluding hydrogens is 390 g/mol. The van der Waals surface area contributed by atoms with E-state index in [0.29, 0.717) is 33.7 Å². The van der Waals surface area contributed by atoms with E-state index in [1.807, 2.05) is 32.3 Å². The predicted molar refractivity (Wildman–Crippen MR) is 113 cm³/mol. The average molecular weight is 410 g/mol. The van der Waals surface area contributed by atoms with Gasteiger partial charge in [0.15, 0.2) is 0 Å². The first-order valence-electron chi connectivity index (χ1n) is 9.29. The zero-order valence-electron chi connectivity index (χ0n) is 16.1. The molecule has 4 aromatic rings. The Bertz CT molecular complexity index is 1230. The third-order valence-corrected chi connectivity index (χ3v) is 5.21. The van der Waals surface area contributed by atoms with Crippen LogP contribution in [0.4, 0.5) is 0 Å². The van der Waals surface area contributed by atoms with E-state index < -0.39 is 0 Å². The van der Waals surface area contributed by atoms with Crippen LogP contribution in [0.3, 0.4) is 0 Å². The lowest BCUT2D eigenvalue weighted by molar-refractivity contribution is 0.221. The maximum Gasteiger partial charge on any atom is 0.261 e. The number of benzene rings is 1. The smallest absolute Gasteiger partial charge is 0.261 e. The first-order valence-corrected chi connectivity index (χ1v) is 9.67. The van der Waals surface area contributed by atoms with Crippen molar-refractivity contribution in [3.63, 3.8) is 0 Å². The minimum absolute atomic E-state index is 0.131. The molecule has 4 rings (SSSR count). The van der Waals surface area contributed by atoms with Crippen molar-refractivity contribution in [2.75, 3.05) is 6.61 Å². The van der Waals surface area contributed by atoms with E-state index in [2.05, 4.69) is 10.1 Å². The van der Waals surface area contributed by atoms with E-state index in [0.717, 1.165) is 11.1 Å². The predicted octanol–water partition coefficient (Wildman–Crippen LogP) is 3.46. The Hall–Kier alpha value is -3.03. The molecule has 0 fully saturated rings. The maximum atomic E-state index is 13.3. The van der Waals surface area contributed by atoms with Gasteiger partial charge in [-0.2, -0.15) is 5.10 Å². The Kier molecular flexibility index (Phi) is 5.17. The average Bonchev–Trinajstić information content (AvgIpc) is 3.16. The fraction of sp³-hybridized carbons (Fsp3) is 0.238. The summed E-state index contributed by atoms with van der Waals surface area (Å²) in [6.45, 7) is 1.79. The maximum absolute atomic E-state index is 13.3. The number of hydrogen-bond donors (Lipinski definition) is 1. The van der Waals surface area contributed by atoms with Crippen LogP contribution >= 0.6 is 11.6 Å². The highest BCUT2D eigenvalue weighted by molar-refractivity contribution is 6.30. The summed E-state index contributed by atoms with van der Waals surface area (Å²) < 4.78 is 3.17. The van der Waals surface area contributed by atoms with Crippen molar-refractivity contribution < 1.29 is 5.11 Å². The molecule has 0 radical (unpaired) electrons. The monoisotopic (exact) mass is 409 g/mol. The van der Waals surface area contributed by atoms with Crippen molar-refractivity contribution in [3.05, 3.63) is 64.4 Å². The normalized spacial score (nSPS) is 12.4. The number of fused-ring (bicyclic) bond motifs is 1. The van der Waals surface area contributed by atoms with Crippen molar-refractivity contribution in [2.45, 2.75) is 19.4 Å². The second-order valence-electron chi connectivity index (χ2n) is 6.86. The molecule has 0 aliphatic carbocycles. The van der Waals surface area contributed by atoms with Gasteiger partial charge in [-0.1, -0.05) is 30.7 Å². The standard InChI is InChI=1S/C21H20ClN5O2/c1-3-16(11-28)27-12-23-20-17(21(27)29)8-18(13-4-6-15(22)7-5-13)25-19(20)14-9-24-26(2)10-14/h4-10,12,16,28H,3,11H2,1-2H3. The lowest BCUT2D eigenvalue weighted by Crippen LogP contribution is -2.27. The number of pyridine rings is 1. The highest BCUT2D eigenvalue weighted by Crippen LogP contribution is 2.29. The molecule has 29 heavy (non-hydrogen) atoms. The van der Waals surface area contributed by atoms with Crippen LogP contribution in [0.2, 0.25) is 5.02 Å². The Morgan fingerprint density at radius 3 is 2.59 bits per heavy atom. The van der Waals surface area contributed by atoms with Gasteiger partial charge in [-0.3, -0.25) is 14.0 Å². The van der Waals surface area contributed by atoms with Gasteiger partial charge in [-0.15, -0.1) is 0 Å². The number of aryl methyl sites for hydroxylation is 1. The summed E-state index contributed by atoms with van der Waals surface area (Å²) in [6.07, 6.45) is 5.64. The molecule has 0 aliphatic rings. The van der Waals surface area contributed by atoms with Gasteiger partial charge in [0, 0.05) is 29.4 Å². The van der Waals surface area contributed by atoms with Gasteiger partial charge in [-0.25, -0.2) is 9.97 Å². The van der Waals surface area contributed by atoms with Crippen LogP contribution in [0.5, 0.6) is 0 Å². The molecule has 148 valence electrons.